The molecule has 3 aromatic rings. The predicted molar refractivity (Wildman–Crippen MR) is 93.5 cm³/mol. The number of aromatic nitrogens is 2. The minimum atomic E-state index is -0.152. The number of benzene rings is 1. The van der Waals surface area contributed by atoms with Gasteiger partial charge in [-0.05, 0) is 43.7 Å². The summed E-state index contributed by atoms with van der Waals surface area (Å²) in [6.45, 7) is 3.91. The summed E-state index contributed by atoms with van der Waals surface area (Å²) in [6, 6.07) is 8.92. The Bertz CT molecular complexity index is 902. The van der Waals surface area contributed by atoms with Gasteiger partial charge in [-0.1, -0.05) is 29.3 Å². The molecule has 0 fully saturated rings. The van der Waals surface area contributed by atoms with Crippen LogP contribution in [-0.4, -0.2) is 15.3 Å². The van der Waals surface area contributed by atoms with Crippen LogP contribution in [0.25, 0.3) is 5.65 Å². The van der Waals surface area contributed by atoms with Gasteiger partial charge in [-0.2, -0.15) is 0 Å². The van der Waals surface area contributed by atoms with Crippen molar-refractivity contribution in [2.75, 3.05) is 5.32 Å². The van der Waals surface area contributed by atoms with Crippen molar-refractivity contribution in [3.63, 3.8) is 0 Å². The molecule has 1 aromatic carbocycles. The van der Waals surface area contributed by atoms with E-state index in [1.165, 1.54) is 0 Å². The van der Waals surface area contributed by atoms with Crippen LogP contribution in [0.4, 0.5) is 5.69 Å². The fourth-order valence-corrected chi connectivity index (χ4v) is 2.97. The third kappa shape index (κ3) is 3.19. The van der Waals surface area contributed by atoms with Gasteiger partial charge in [0.25, 0.3) is 0 Å². The van der Waals surface area contributed by atoms with E-state index in [4.69, 9.17) is 23.2 Å². The van der Waals surface area contributed by atoms with E-state index in [1.807, 2.05) is 36.6 Å². The average Bonchev–Trinajstić information content (AvgIpc) is 2.80. The first kappa shape index (κ1) is 15.8. The van der Waals surface area contributed by atoms with Crippen LogP contribution in [0.3, 0.4) is 0 Å². The summed E-state index contributed by atoms with van der Waals surface area (Å²) in [5.74, 6) is -0.152. The zero-order valence-electron chi connectivity index (χ0n) is 12.7. The lowest BCUT2D eigenvalue weighted by Gasteiger charge is -2.08. The van der Waals surface area contributed by atoms with Crippen molar-refractivity contribution in [2.24, 2.45) is 0 Å². The molecule has 1 N–H and O–H groups in total. The molecule has 23 heavy (non-hydrogen) atoms. The van der Waals surface area contributed by atoms with Gasteiger partial charge in [0.05, 0.1) is 28.5 Å². The standard InChI is InChI=1S/C17H15Cl2N3O/c1-10-4-3-7-22-15(11(2)20-17(10)22)9-16(23)21-14-6-5-12(18)8-13(14)19/h3-8H,9H2,1-2H3,(H,21,23). The Balaban J connectivity index is 1.86. The number of hydrogen-bond acceptors (Lipinski definition) is 2. The van der Waals surface area contributed by atoms with Crippen LogP contribution in [0, 0.1) is 13.8 Å². The molecular formula is C17H15Cl2N3O. The van der Waals surface area contributed by atoms with Crippen molar-refractivity contribution in [3.05, 3.63) is 63.5 Å². The summed E-state index contributed by atoms with van der Waals surface area (Å²) in [5, 5.41) is 3.75. The van der Waals surface area contributed by atoms with E-state index < -0.39 is 0 Å². The Labute approximate surface area is 144 Å². The van der Waals surface area contributed by atoms with Gasteiger partial charge in [0.1, 0.15) is 5.65 Å². The van der Waals surface area contributed by atoms with E-state index in [2.05, 4.69) is 10.3 Å². The third-order valence-corrected chi connectivity index (χ3v) is 4.23. The lowest BCUT2D eigenvalue weighted by atomic mass is 10.2. The molecule has 0 aliphatic heterocycles. The van der Waals surface area contributed by atoms with Crippen LogP contribution in [0.5, 0.6) is 0 Å². The smallest absolute Gasteiger partial charge is 0.230 e. The number of fused-ring (bicyclic) bond motifs is 1. The summed E-state index contributed by atoms with van der Waals surface area (Å²) in [4.78, 5) is 16.9. The second-order valence-electron chi connectivity index (χ2n) is 5.38. The topological polar surface area (TPSA) is 46.4 Å². The highest BCUT2D eigenvalue weighted by Crippen LogP contribution is 2.25. The molecule has 0 unspecified atom stereocenters. The van der Waals surface area contributed by atoms with E-state index in [0.717, 1.165) is 22.6 Å². The maximum absolute atomic E-state index is 12.4. The Kier molecular flexibility index (Phi) is 4.28. The molecule has 0 saturated carbocycles. The SMILES string of the molecule is Cc1nc2c(C)cccn2c1CC(=O)Nc1ccc(Cl)cc1Cl. The van der Waals surface area contributed by atoms with E-state index >= 15 is 0 Å². The van der Waals surface area contributed by atoms with Gasteiger partial charge in [-0.3, -0.25) is 4.79 Å². The molecule has 2 aromatic heterocycles. The largest absolute Gasteiger partial charge is 0.324 e. The number of carbonyl (C=O) groups excluding carboxylic acids is 1. The number of aryl methyl sites for hydroxylation is 2. The molecule has 0 aliphatic carbocycles. The van der Waals surface area contributed by atoms with Gasteiger partial charge in [0.2, 0.25) is 5.91 Å². The molecule has 0 aliphatic rings. The summed E-state index contributed by atoms with van der Waals surface area (Å²) in [5.41, 5.74) is 4.20. The molecule has 2 heterocycles. The second kappa shape index (κ2) is 6.22. The molecular weight excluding hydrogens is 333 g/mol. The number of carbonyl (C=O) groups is 1. The molecule has 3 rings (SSSR count). The van der Waals surface area contributed by atoms with Crippen molar-refractivity contribution < 1.29 is 4.79 Å². The highest BCUT2D eigenvalue weighted by molar-refractivity contribution is 6.36. The van der Waals surface area contributed by atoms with E-state index in [9.17, 15) is 4.79 Å². The fourth-order valence-electron chi connectivity index (χ4n) is 2.52. The second-order valence-corrected chi connectivity index (χ2v) is 6.22. The van der Waals surface area contributed by atoms with Crippen molar-refractivity contribution in [1.82, 2.24) is 9.38 Å². The molecule has 4 nitrogen and oxygen atoms in total. The zero-order chi connectivity index (χ0) is 16.6. The average molecular weight is 348 g/mol. The van der Waals surface area contributed by atoms with Crippen LogP contribution in [-0.2, 0) is 11.2 Å². The first-order valence-electron chi connectivity index (χ1n) is 7.14. The number of nitrogens with zero attached hydrogens (tertiary/aromatic N) is 2. The van der Waals surface area contributed by atoms with Crippen molar-refractivity contribution in [1.29, 1.82) is 0 Å². The molecule has 6 heteroatoms. The summed E-state index contributed by atoms with van der Waals surface area (Å²) in [6.07, 6.45) is 2.13. The van der Waals surface area contributed by atoms with Crippen molar-refractivity contribution >= 4 is 40.4 Å². The Morgan fingerprint density at radius 2 is 2.04 bits per heavy atom. The fraction of sp³-hybridized carbons (Fsp3) is 0.176. The van der Waals surface area contributed by atoms with E-state index in [1.54, 1.807) is 18.2 Å². The summed E-state index contributed by atoms with van der Waals surface area (Å²) in [7, 11) is 0. The van der Waals surface area contributed by atoms with Crippen LogP contribution in [0.2, 0.25) is 10.0 Å². The number of imidazole rings is 1. The Hall–Kier alpha value is -2.04. The van der Waals surface area contributed by atoms with Crippen LogP contribution >= 0.6 is 23.2 Å². The first-order chi connectivity index (χ1) is 11.0. The maximum Gasteiger partial charge on any atom is 0.230 e. The van der Waals surface area contributed by atoms with Gasteiger partial charge in [0, 0.05) is 11.2 Å². The number of halogens is 2. The van der Waals surface area contributed by atoms with Gasteiger partial charge in [-0.25, -0.2) is 4.98 Å². The predicted octanol–water partition coefficient (Wildman–Crippen LogP) is 4.44. The molecule has 0 radical (unpaired) electrons. The molecule has 0 saturated heterocycles. The number of hydrogen-bond donors (Lipinski definition) is 1. The normalized spacial score (nSPS) is 11.0. The number of nitrogens with one attached hydrogen (secondary N) is 1. The lowest BCUT2D eigenvalue weighted by Crippen LogP contribution is -2.16. The van der Waals surface area contributed by atoms with Gasteiger partial charge in [0.15, 0.2) is 0 Å². The quantitative estimate of drug-likeness (QED) is 0.761. The minimum absolute atomic E-state index is 0.152. The monoisotopic (exact) mass is 347 g/mol. The molecule has 1 amide bonds. The van der Waals surface area contributed by atoms with Crippen LogP contribution in [0.15, 0.2) is 36.5 Å². The van der Waals surface area contributed by atoms with Gasteiger partial charge in [-0.15, -0.1) is 0 Å². The van der Waals surface area contributed by atoms with E-state index in [-0.39, 0.29) is 12.3 Å². The van der Waals surface area contributed by atoms with Crippen molar-refractivity contribution in [2.45, 2.75) is 20.3 Å². The third-order valence-electron chi connectivity index (χ3n) is 3.68. The highest BCUT2D eigenvalue weighted by Gasteiger charge is 2.14. The molecule has 0 atom stereocenters. The summed E-state index contributed by atoms with van der Waals surface area (Å²) < 4.78 is 1.95. The number of pyridine rings is 1. The number of amides is 1. The first-order valence-corrected chi connectivity index (χ1v) is 7.89. The van der Waals surface area contributed by atoms with Crippen LogP contribution in [0.1, 0.15) is 17.0 Å². The molecule has 118 valence electrons. The Morgan fingerprint density at radius 3 is 2.78 bits per heavy atom. The minimum Gasteiger partial charge on any atom is -0.324 e. The molecule has 0 spiro atoms. The Morgan fingerprint density at radius 1 is 1.26 bits per heavy atom. The summed E-state index contributed by atoms with van der Waals surface area (Å²) >= 11 is 11.9. The highest BCUT2D eigenvalue weighted by atomic mass is 35.5. The zero-order valence-corrected chi connectivity index (χ0v) is 14.2. The number of anilines is 1. The lowest BCUT2D eigenvalue weighted by molar-refractivity contribution is -0.115. The molecule has 0 bridgehead atoms. The maximum atomic E-state index is 12.4. The van der Waals surface area contributed by atoms with Gasteiger partial charge < -0.3 is 9.72 Å². The van der Waals surface area contributed by atoms with Gasteiger partial charge >= 0.3 is 0 Å². The van der Waals surface area contributed by atoms with Crippen LogP contribution < -0.4 is 5.32 Å². The number of rotatable bonds is 3. The van der Waals surface area contributed by atoms with E-state index in [0.29, 0.717) is 15.7 Å². The van der Waals surface area contributed by atoms with Crippen molar-refractivity contribution in [3.8, 4) is 0 Å².